The smallest absolute Gasteiger partial charge is 0.240 e. The topological polar surface area (TPSA) is 77.1 Å². The van der Waals surface area contributed by atoms with Crippen molar-refractivity contribution >= 4 is 17.5 Å². The number of hydrogen-bond donors (Lipinski definition) is 1. The van der Waals surface area contributed by atoms with Gasteiger partial charge in [0.15, 0.2) is 11.5 Å². The normalized spacial score (nSPS) is 14.1. The van der Waals surface area contributed by atoms with Crippen LogP contribution in [0.1, 0.15) is 32.6 Å². The minimum atomic E-state index is -0.240. The Morgan fingerprint density at radius 3 is 2.08 bits per heavy atom. The quantitative estimate of drug-likeness (QED) is 0.815. The van der Waals surface area contributed by atoms with Gasteiger partial charge in [0, 0.05) is 25.1 Å². The molecule has 0 heterocycles. The maximum Gasteiger partial charge on any atom is 0.240 e. The van der Waals surface area contributed by atoms with E-state index in [0.29, 0.717) is 22.9 Å². The van der Waals surface area contributed by atoms with Crippen LogP contribution in [0.2, 0.25) is 0 Å². The first-order valence-electron chi connectivity index (χ1n) is 8.37. The minimum absolute atomic E-state index is 0.0511. The summed E-state index contributed by atoms with van der Waals surface area (Å²) in [7, 11) is 4.52. The predicted octanol–water partition coefficient (Wildman–Crippen LogP) is 2.12. The van der Waals surface area contributed by atoms with E-state index in [9.17, 15) is 9.59 Å². The van der Waals surface area contributed by atoms with E-state index in [1.165, 1.54) is 33.2 Å². The van der Waals surface area contributed by atoms with Gasteiger partial charge in [-0.1, -0.05) is 12.8 Å². The van der Waals surface area contributed by atoms with Crippen LogP contribution in [0.4, 0.5) is 5.69 Å². The number of nitrogens with one attached hydrogen (secondary N) is 1. The molecule has 7 nitrogen and oxygen atoms in total. The van der Waals surface area contributed by atoms with E-state index in [0.717, 1.165) is 25.7 Å². The van der Waals surface area contributed by atoms with Crippen LogP contribution in [0.3, 0.4) is 0 Å². The second kappa shape index (κ2) is 8.60. The molecule has 25 heavy (non-hydrogen) atoms. The molecule has 138 valence electrons. The van der Waals surface area contributed by atoms with Gasteiger partial charge in [-0.2, -0.15) is 0 Å². The third kappa shape index (κ3) is 4.55. The first-order valence-corrected chi connectivity index (χ1v) is 8.37. The van der Waals surface area contributed by atoms with Crippen molar-refractivity contribution in [2.75, 3.05) is 32.8 Å². The number of rotatable bonds is 7. The predicted molar refractivity (Wildman–Crippen MR) is 94.5 cm³/mol. The zero-order valence-corrected chi connectivity index (χ0v) is 15.3. The summed E-state index contributed by atoms with van der Waals surface area (Å²) in [5, 5.41) is 2.99. The summed E-state index contributed by atoms with van der Waals surface area (Å²) in [5.41, 5.74) is 0.517. The average molecular weight is 350 g/mol. The lowest BCUT2D eigenvalue weighted by atomic mass is 10.2. The van der Waals surface area contributed by atoms with Crippen molar-refractivity contribution in [1.82, 2.24) is 5.32 Å². The molecule has 1 aliphatic carbocycles. The molecule has 0 aromatic heterocycles. The highest BCUT2D eigenvalue weighted by Crippen LogP contribution is 2.41. The van der Waals surface area contributed by atoms with Gasteiger partial charge in [0.25, 0.3) is 0 Å². The van der Waals surface area contributed by atoms with Crippen molar-refractivity contribution in [3.8, 4) is 17.2 Å². The van der Waals surface area contributed by atoms with Gasteiger partial charge in [0.05, 0.1) is 27.0 Å². The Labute approximate surface area is 148 Å². The second-order valence-electron chi connectivity index (χ2n) is 6.04. The highest BCUT2D eigenvalue weighted by atomic mass is 16.5. The van der Waals surface area contributed by atoms with Gasteiger partial charge in [-0.3, -0.25) is 9.59 Å². The van der Waals surface area contributed by atoms with Crippen LogP contribution in [-0.2, 0) is 9.59 Å². The Morgan fingerprint density at radius 2 is 1.64 bits per heavy atom. The molecule has 1 N–H and O–H groups in total. The second-order valence-corrected chi connectivity index (χ2v) is 6.04. The Bertz CT molecular complexity index is 601. The number of benzene rings is 1. The molecule has 0 unspecified atom stereocenters. The third-order valence-electron chi connectivity index (χ3n) is 4.36. The third-order valence-corrected chi connectivity index (χ3v) is 4.36. The molecule has 0 radical (unpaired) electrons. The van der Waals surface area contributed by atoms with Crippen molar-refractivity contribution in [2.24, 2.45) is 0 Å². The monoisotopic (exact) mass is 350 g/mol. The van der Waals surface area contributed by atoms with Gasteiger partial charge < -0.3 is 24.4 Å². The molecule has 0 saturated heterocycles. The summed E-state index contributed by atoms with van der Waals surface area (Å²) < 4.78 is 15.9. The van der Waals surface area contributed by atoms with Gasteiger partial charge >= 0.3 is 0 Å². The molecule has 2 amide bonds. The Kier molecular flexibility index (Phi) is 6.50. The summed E-state index contributed by atoms with van der Waals surface area (Å²) in [6.45, 7) is 1.37. The van der Waals surface area contributed by atoms with Crippen LogP contribution in [0, 0.1) is 0 Å². The van der Waals surface area contributed by atoms with E-state index in [1.807, 2.05) is 0 Å². The largest absolute Gasteiger partial charge is 0.493 e. The number of hydrogen-bond acceptors (Lipinski definition) is 5. The van der Waals surface area contributed by atoms with Crippen LogP contribution in [0.25, 0.3) is 0 Å². The fourth-order valence-corrected chi connectivity index (χ4v) is 3.09. The first kappa shape index (κ1) is 18.9. The van der Waals surface area contributed by atoms with Crippen LogP contribution in [0.15, 0.2) is 12.1 Å². The number of ether oxygens (including phenoxy) is 3. The van der Waals surface area contributed by atoms with Gasteiger partial charge in [-0.25, -0.2) is 0 Å². The van der Waals surface area contributed by atoms with Gasteiger partial charge in [-0.05, 0) is 12.8 Å². The lowest BCUT2D eigenvalue weighted by Gasteiger charge is -2.24. The number of carbonyl (C=O) groups is 2. The van der Waals surface area contributed by atoms with Crippen molar-refractivity contribution in [3.05, 3.63) is 12.1 Å². The van der Waals surface area contributed by atoms with Gasteiger partial charge in [0.1, 0.15) is 6.54 Å². The van der Waals surface area contributed by atoms with E-state index in [4.69, 9.17) is 14.2 Å². The molecular weight excluding hydrogens is 324 g/mol. The lowest BCUT2D eigenvalue weighted by molar-refractivity contribution is -0.123. The van der Waals surface area contributed by atoms with Crippen LogP contribution >= 0.6 is 0 Å². The Hall–Kier alpha value is -2.44. The van der Waals surface area contributed by atoms with E-state index in [2.05, 4.69) is 5.32 Å². The highest BCUT2D eigenvalue weighted by Gasteiger charge is 2.23. The molecule has 1 fully saturated rings. The molecule has 0 spiro atoms. The number of anilines is 1. The maximum atomic E-state index is 12.3. The SMILES string of the molecule is COc1cc(N(CC(=O)NC2CCCC2)C(C)=O)cc(OC)c1OC. The molecular formula is C18H26N2O5. The number of methoxy groups -OCH3 is 3. The average Bonchev–Trinajstić information content (AvgIpc) is 3.10. The molecule has 2 rings (SSSR count). The van der Waals surface area contributed by atoms with Crippen LogP contribution in [0.5, 0.6) is 17.2 Å². The van der Waals surface area contributed by atoms with Gasteiger partial charge in [0.2, 0.25) is 17.6 Å². The maximum absolute atomic E-state index is 12.3. The summed E-state index contributed by atoms with van der Waals surface area (Å²) in [4.78, 5) is 25.8. The first-order chi connectivity index (χ1) is 12.0. The van der Waals surface area contributed by atoms with Crippen LogP contribution in [-0.4, -0.2) is 45.7 Å². The van der Waals surface area contributed by atoms with Crippen molar-refractivity contribution in [2.45, 2.75) is 38.6 Å². The Balaban J connectivity index is 2.23. The molecule has 1 aromatic rings. The fourth-order valence-electron chi connectivity index (χ4n) is 3.09. The molecule has 1 aromatic carbocycles. The molecule has 0 aliphatic heterocycles. The molecule has 0 bridgehead atoms. The molecule has 1 saturated carbocycles. The van der Waals surface area contributed by atoms with E-state index in [1.54, 1.807) is 12.1 Å². The summed E-state index contributed by atoms with van der Waals surface area (Å²) in [6.07, 6.45) is 4.26. The lowest BCUT2D eigenvalue weighted by Crippen LogP contribution is -2.43. The summed E-state index contributed by atoms with van der Waals surface area (Å²) in [6, 6.07) is 3.53. The van der Waals surface area contributed by atoms with Crippen molar-refractivity contribution in [3.63, 3.8) is 0 Å². The summed E-state index contributed by atoms with van der Waals surface area (Å²) in [5.74, 6) is 0.887. The Morgan fingerprint density at radius 1 is 1.08 bits per heavy atom. The van der Waals surface area contributed by atoms with Crippen molar-refractivity contribution in [1.29, 1.82) is 0 Å². The summed E-state index contributed by atoms with van der Waals surface area (Å²) >= 11 is 0. The van der Waals surface area contributed by atoms with E-state index in [-0.39, 0.29) is 24.4 Å². The number of carbonyl (C=O) groups excluding carboxylic acids is 2. The van der Waals surface area contributed by atoms with Crippen LogP contribution < -0.4 is 24.4 Å². The van der Waals surface area contributed by atoms with Gasteiger partial charge in [-0.15, -0.1) is 0 Å². The number of amides is 2. The molecule has 7 heteroatoms. The molecule has 0 atom stereocenters. The van der Waals surface area contributed by atoms with Crippen molar-refractivity contribution < 1.29 is 23.8 Å². The fraction of sp³-hybridized carbons (Fsp3) is 0.556. The van der Waals surface area contributed by atoms with E-state index < -0.39 is 0 Å². The standard InChI is InChI=1S/C18H26N2O5/c1-12(21)20(11-17(22)19-13-7-5-6-8-13)14-9-15(23-2)18(25-4)16(10-14)24-3/h9-10,13H,5-8,11H2,1-4H3,(H,19,22). The minimum Gasteiger partial charge on any atom is -0.493 e. The molecule has 1 aliphatic rings. The highest BCUT2D eigenvalue weighted by molar-refractivity contribution is 5.98. The zero-order valence-electron chi connectivity index (χ0n) is 15.3. The zero-order chi connectivity index (χ0) is 18.4. The number of nitrogens with zero attached hydrogens (tertiary/aromatic N) is 1. The van der Waals surface area contributed by atoms with E-state index >= 15 is 0 Å².